The number of likely N-dealkylation sites (tertiary alicyclic amines) is 1. The van der Waals surface area contributed by atoms with Crippen LogP contribution in [0.2, 0.25) is 0 Å². The van der Waals surface area contributed by atoms with Gasteiger partial charge in [0.1, 0.15) is 11.3 Å². The normalized spacial score (nSPS) is 18.2. The second-order valence-corrected chi connectivity index (χ2v) is 6.38. The van der Waals surface area contributed by atoms with E-state index in [1.165, 1.54) is 18.6 Å². The van der Waals surface area contributed by atoms with Crippen molar-refractivity contribution in [3.8, 4) is 0 Å². The molecule has 0 aliphatic carbocycles. The Morgan fingerprint density at radius 3 is 2.68 bits per heavy atom. The molecule has 7 heteroatoms. The Morgan fingerprint density at radius 1 is 1.36 bits per heavy atom. The van der Waals surface area contributed by atoms with Gasteiger partial charge in [-0.3, -0.25) is 9.78 Å². The molecule has 2 rings (SSSR count). The van der Waals surface area contributed by atoms with Gasteiger partial charge in [-0.15, -0.1) is 0 Å². The van der Waals surface area contributed by atoms with Crippen LogP contribution in [-0.2, 0) is 4.74 Å². The molecule has 0 aromatic carbocycles. The number of amides is 2. The van der Waals surface area contributed by atoms with Crippen molar-refractivity contribution in [1.29, 1.82) is 0 Å². The van der Waals surface area contributed by atoms with Crippen molar-refractivity contribution >= 4 is 12.0 Å². The molecule has 1 atom stereocenters. The first-order valence-corrected chi connectivity index (χ1v) is 7.29. The fraction of sp³-hybridized carbons (Fsp3) is 0.600. The average molecular weight is 306 g/mol. The summed E-state index contributed by atoms with van der Waals surface area (Å²) in [4.78, 5) is 35.5. The van der Waals surface area contributed by atoms with E-state index >= 15 is 0 Å². The molecule has 1 saturated heterocycles. The van der Waals surface area contributed by atoms with E-state index in [1.54, 1.807) is 16.8 Å². The van der Waals surface area contributed by atoms with Gasteiger partial charge in [-0.05, 0) is 27.2 Å². The Labute approximate surface area is 130 Å². The zero-order valence-electron chi connectivity index (χ0n) is 13.4. The lowest BCUT2D eigenvalue weighted by Gasteiger charge is -2.26. The standard InChI is InChI=1S/C15H22N4O3/c1-15(2,3)22-14(21)19-8-5-11(10-19)18(4)13(20)12-9-16-6-7-17-12/h6-7,9,11H,5,8,10H2,1-4H3/t11-/m1/s1. The predicted octanol–water partition coefficient (Wildman–Crippen LogP) is 1.56. The van der Waals surface area contributed by atoms with Crippen LogP contribution in [-0.4, -0.2) is 63.5 Å². The summed E-state index contributed by atoms with van der Waals surface area (Å²) in [5.41, 5.74) is -0.211. The molecule has 1 aliphatic rings. The van der Waals surface area contributed by atoms with Gasteiger partial charge in [-0.2, -0.15) is 0 Å². The highest BCUT2D eigenvalue weighted by Crippen LogP contribution is 2.19. The summed E-state index contributed by atoms with van der Waals surface area (Å²) < 4.78 is 5.36. The number of aromatic nitrogens is 2. The van der Waals surface area contributed by atoms with Crippen LogP contribution < -0.4 is 0 Å². The van der Waals surface area contributed by atoms with Crippen molar-refractivity contribution in [2.45, 2.75) is 38.8 Å². The van der Waals surface area contributed by atoms with E-state index in [9.17, 15) is 9.59 Å². The van der Waals surface area contributed by atoms with Crippen LogP contribution >= 0.6 is 0 Å². The van der Waals surface area contributed by atoms with Gasteiger partial charge >= 0.3 is 6.09 Å². The molecule has 1 aromatic rings. The third-order valence-corrected chi connectivity index (χ3v) is 3.47. The Balaban J connectivity index is 1.95. The molecule has 120 valence electrons. The largest absolute Gasteiger partial charge is 0.444 e. The number of likely N-dealkylation sites (N-methyl/N-ethyl adjacent to an activating group) is 1. The first kappa shape index (κ1) is 16.2. The Morgan fingerprint density at radius 2 is 2.09 bits per heavy atom. The number of carbonyl (C=O) groups is 2. The lowest BCUT2D eigenvalue weighted by molar-refractivity contribution is 0.0279. The van der Waals surface area contributed by atoms with E-state index < -0.39 is 5.60 Å². The maximum Gasteiger partial charge on any atom is 0.410 e. The Kier molecular flexibility index (Phi) is 4.63. The smallest absolute Gasteiger partial charge is 0.410 e. The number of nitrogens with zero attached hydrogens (tertiary/aromatic N) is 4. The van der Waals surface area contributed by atoms with Crippen molar-refractivity contribution in [3.05, 3.63) is 24.3 Å². The van der Waals surface area contributed by atoms with Gasteiger partial charge in [0.05, 0.1) is 12.2 Å². The first-order chi connectivity index (χ1) is 10.3. The van der Waals surface area contributed by atoms with Crippen LogP contribution in [0.1, 0.15) is 37.7 Å². The number of carbonyl (C=O) groups excluding carboxylic acids is 2. The lowest BCUT2D eigenvalue weighted by atomic mass is 10.2. The van der Waals surface area contributed by atoms with E-state index in [2.05, 4.69) is 9.97 Å². The van der Waals surface area contributed by atoms with Crippen LogP contribution in [0.4, 0.5) is 4.79 Å². The number of ether oxygens (including phenoxy) is 1. The second kappa shape index (κ2) is 6.29. The SMILES string of the molecule is CN(C(=O)c1cnccn1)[C@@H]1CCN(C(=O)OC(C)(C)C)C1. The zero-order chi connectivity index (χ0) is 16.3. The van der Waals surface area contributed by atoms with Crippen molar-refractivity contribution in [1.82, 2.24) is 19.8 Å². The molecule has 22 heavy (non-hydrogen) atoms. The molecule has 0 bridgehead atoms. The van der Waals surface area contributed by atoms with Gasteiger partial charge in [0.25, 0.3) is 5.91 Å². The molecular weight excluding hydrogens is 284 g/mol. The summed E-state index contributed by atoms with van der Waals surface area (Å²) in [6.07, 6.45) is 4.84. The fourth-order valence-electron chi connectivity index (χ4n) is 2.31. The van der Waals surface area contributed by atoms with Crippen LogP contribution in [0.25, 0.3) is 0 Å². The van der Waals surface area contributed by atoms with Crippen molar-refractivity contribution < 1.29 is 14.3 Å². The molecule has 7 nitrogen and oxygen atoms in total. The number of rotatable bonds is 2. The predicted molar refractivity (Wildman–Crippen MR) is 80.3 cm³/mol. The zero-order valence-corrected chi connectivity index (χ0v) is 13.4. The maximum atomic E-state index is 12.3. The second-order valence-electron chi connectivity index (χ2n) is 6.38. The molecule has 2 amide bonds. The highest BCUT2D eigenvalue weighted by atomic mass is 16.6. The van der Waals surface area contributed by atoms with Crippen molar-refractivity contribution in [2.24, 2.45) is 0 Å². The fourth-order valence-corrected chi connectivity index (χ4v) is 2.31. The van der Waals surface area contributed by atoms with Crippen LogP contribution in [0, 0.1) is 0 Å². The van der Waals surface area contributed by atoms with Gasteiger partial charge in [-0.25, -0.2) is 9.78 Å². The monoisotopic (exact) mass is 306 g/mol. The molecule has 1 fully saturated rings. The van der Waals surface area contributed by atoms with Crippen LogP contribution in [0.15, 0.2) is 18.6 Å². The quantitative estimate of drug-likeness (QED) is 0.829. The molecular formula is C15H22N4O3. The van der Waals surface area contributed by atoms with Crippen LogP contribution in [0.5, 0.6) is 0 Å². The third-order valence-electron chi connectivity index (χ3n) is 3.47. The summed E-state index contributed by atoms with van der Waals surface area (Å²) in [7, 11) is 1.72. The summed E-state index contributed by atoms with van der Waals surface area (Å²) in [6.45, 7) is 6.56. The minimum Gasteiger partial charge on any atom is -0.444 e. The van der Waals surface area contributed by atoms with Gasteiger partial charge in [0.2, 0.25) is 0 Å². The maximum absolute atomic E-state index is 12.3. The highest BCUT2D eigenvalue weighted by molar-refractivity contribution is 5.92. The number of hydrogen-bond acceptors (Lipinski definition) is 5. The summed E-state index contributed by atoms with van der Waals surface area (Å²) in [6, 6.07) is -0.0398. The lowest BCUT2D eigenvalue weighted by Crippen LogP contribution is -2.41. The van der Waals surface area contributed by atoms with E-state index in [4.69, 9.17) is 4.74 Å². The van der Waals surface area contributed by atoms with E-state index in [0.29, 0.717) is 18.8 Å². The third kappa shape index (κ3) is 3.93. The summed E-state index contributed by atoms with van der Waals surface area (Å²) in [5, 5.41) is 0. The van der Waals surface area contributed by atoms with Crippen molar-refractivity contribution in [3.63, 3.8) is 0 Å². The van der Waals surface area contributed by atoms with E-state index in [-0.39, 0.29) is 18.0 Å². The summed E-state index contributed by atoms with van der Waals surface area (Å²) >= 11 is 0. The topological polar surface area (TPSA) is 75.6 Å². The number of hydrogen-bond donors (Lipinski definition) is 0. The molecule has 0 N–H and O–H groups in total. The Bertz CT molecular complexity index is 541. The van der Waals surface area contributed by atoms with Gasteiger partial charge < -0.3 is 14.5 Å². The molecule has 1 aliphatic heterocycles. The van der Waals surface area contributed by atoms with E-state index in [1.807, 2.05) is 20.8 Å². The van der Waals surface area contributed by atoms with Gasteiger partial charge in [0.15, 0.2) is 0 Å². The molecule has 1 aromatic heterocycles. The van der Waals surface area contributed by atoms with Crippen LogP contribution in [0.3, 0.4) is 0 Å². The molecule has 0 saturated carbocycles. The van der Waals surface area contributed by atoms with Gasteiger partial charge in [0, 0.05) is 32.5 Å². The van der Waals surface area contributed by atoms with E-state index in [0.717, 1.165) is 6.42 Å². The Hall–Kier alpha value is -2.18. The molecule has 0 unspecified atom stereocenters. The minimum atomic E-state index is -0.517. The van der Waals surface area contributed by atoms with Gasteiger partial charge in [-0.1, -0.05) is 0 Å². The molecule has 0 radical (unpaired) electrons. The summed E-state index contributed by atoms with van der Waals surface area (Å²) in [5.74, 6) is -0.191. The molecule has 2 heterocycles. The first-order valence-electron chi connectivity index (χ1n) is 7.29. The highest BCUT2D eigenvalue weighted by Gasteiger charge is 2.33. The van der Waals surface area contributed by atoms with Crippen molar-refractivity contribution in [2.75, 3.05) is 20.1 Å². The average Bonchev–Trinajstić information content (AvgIpc) is 2.95. The minimum absolute atomic E-state index is 0.0398. The molecule has 0 spiro atoms.